The molecule has 3 nitrogen and oxygen atoms in total. The molecule has 0 atom stereocenters. The fourth-order valence-electron chi connectivity index (χ4n) is 2.80. The molecule has 0 aromatic heterocycles. The molecular weight excluding hydrogens is 274 g/mol. The average molecular weight is 296 g/mol. The minimum Gasteiger partial charge on any atom is -0.389 e. The van der Waals surface area contributed by atoms with Crippen LogP contribution in [0.4, 0.5) is 0 Å². The van der Waals surface area contributed by atoms with Crippen molar-refractivity contribution < 1.29 is 9.90 Å². The zero-order valence-corrected chi connectivity index (χ0v) is 12.7. The first-order valence-corrected chi connectivity index (χ1v) is 7.57. The summed E-state index contributed by atoms with van der Waals surface area (Å²) in [6.45, 7) is 0.523. The van der Waals surface area contributed by atoms with Crippen LogP contribution in [0.5, 0.6) is 0 Å². The third-order valence-electron chi connectivity index (χ3n) is 4.00. The van der Waals surface area contributed by atoms with Gasteiger partial charge >= 0.3 is 0 Å². The molecule has 0 aliphatic heterocycles. The molecule has 0 saturated heterocycles. The van der Waals surface area contributed by atoms with Crippen LogP contribution in [-0.4, -0.2) is 28.6 Å². The maximum atomic E-state index is 12.2. The van der Waals surface area contributed by atoms with Crippen molar-refractivity contribution in [2.75, 3.05) is 7.05 Å². The van der Waals surface area contributed by atoms with Gasteiger partial charge in [0.25, 0.3) is 0 Å². The van der Waals surface area contributed by atoms with Gasteiger partial charge in [-0.2, -0.15) is 0 Å². The van der Waals surface area contributed by atoms with E-state index in [2.05, 4.69) is 0 Å². The Bertz CT molecular complexity index is 469. The van der Waals surface area contributed by atoms with Gasteiger partial charge in [-0.15, -0.1) is 0 Å². The van der Waals surface area contributed by atoms with Crippen LogP contribution >= 0.6 is 11.6 Å². The molecule has 0 unspecified atom stereocenters. The molecule has 1 aromatic rings. The van der Waals surface area contributed by atoms with Crippen LogP contribution < -0.4 is 0 Å². The van der Waals surface area contributed by atoms with Crippen molar-refractivity contribution in [1.82, 2.24) is 4.90 Å². The monoisotopic (exact) mass is 295 g/mol. The van der Waals surface area contributed by atoms with Crippen LogP contribution in [0.1, 0.15) is 44.1 Å². The number of benzene rings is 1. The van der Waals surface area contributed by atoms with Crippen molar-refractivity contribution >= 4 is 17.5 Å². The molecule has 20 heavy (non-hydrogen) atoms. The summed E-state index contributed by atoms with van der Waals surface area (Å²) in [5.74, 6) is -0.00521. The summed E-state index contributed by atoms with van der Waals surface area (Å²) in [6.07, 6.45) is 4.90. The van der Waals surface area contributed by atoms with Crippen molar-refractivity contribution in [3.8, 4) is 0 Å². The number of hydrogen-bond donors (Lipinski definition) is 1. The number of halogens is 1. The van der Waals surface area contributed by atoms with Crippen LogP contribution in [0.2, 0.25) is 5.02 Å². The molecule has 1 saturated carbocycles. The summed E-state index contributed by atoms with van der Waals surface area (Å²) in [5, 5.41) is 11.1. The van der Waals surface area contributed by atoms with E-state index in [0.29, 0.717) is 11.6 Å². The molecular formula is C16H22ClNO2. The third-order valence-corrected chi connectivity index (χ3v) is 4.23. The predicted molar refractivity (Wildman–Crippen MR) is 80.6 cm³/mol. The maximum absolute atomic E-state index is 12.2. The number of amides is 1. The summed E-state index contributed by atoms with van der Waals surface area (Å²) >= 11 is 5.94. The molecule has 1 aromatic carbocycles. The maximum Gasteiger partial charge on any atom is 0.225 e. The molecule has 1 aliphatic rings. The van der Waals surface area contributed by atoms with Crippen molar-refractivity contribution in [3.63, 3.8) is 0 Å². The summed E-state index contributed by atoms with van der Waals surface area (Å²) in [4.78, 5) is 13.9. The molecule has 1 amide bonds. The second kappa shape index (κ2) is 6.59. The Morgan fingerprint density at radius 2 is 2.05 bits per heavy atom. The lowest BCUT2D eigenvalue weighted by Gasteiger charge is -2.32. The fourth-order valence-corrected chi connectivity index (χ4v) is 3.01. The molecule has 0 spiro atoms. The summed E-state index contributed by atoms with van der Waals surface area (Å²) in [6, 6.07) is 7.51. The van der Waals surface area contributed by atoms with Gasteiger partial charge in [-0.05, 0) is 30.5 Å². The van der Waals surface area contributed by atoms with Crippen LogP contribution in [0, 0.1) is 0 Å². The van der Waals surface area contributed by atoms with Gasteiger partial charge < -0.3 is 10.0 Å². The standard InChI is InChI=1S/C16H22ClNO2/c1-18(12-13-6-5-7-14(17)10-13)15(19)11-16(20)8-3-2-4-9-16/h5-7,10,20H,2-4,8-9,11-12H2,1H3. The summed E-state index contributed by atoms with van der Waals surface area (Å²) < 4.78 is 0. The van der Waals surface area contributed by atoms with E-state index in [1.54, 1.807) is 11.9 Å². The van der Waals surface area contributed by atoms with Crippen LogP contribution in [0.15, 0.2) is 24.3 Å². The van der Waals surface area contributed by atoms with E-state index in [1.807, 2.05) is 24.3 Å². The molecule has 1 fully saturated rings. The molecule has 0 heterocycles. The van der Waals surface area contributed by atoms with Gasteiger partial charge in [0.1, 0.15) is 0 Å². The Kier molecular flexibility index (Phi) is 5.06. The minimum absolute atomic E-state index is 0.00521. The Hall–Kier alpha value is -1.06. The molecule has 0 radical (unpaired) electrons. The number of carbonyl (C=O) groups is 1. The highest BCUT2D eigenvalue weighted by Crippen LogP contribution is 2.31. The largest absolute Gasteiger partial charge is 0.389 e. The van der Waals surface area contributed by atoms with Crippen molar-refractivity contribution in [3.05, 3.63) is 34.9 Å². The Balaban J connectivity index is 1.91. The Morgan fingerprint density at radius 1 is 1.35 bits per heavy atom. The first-order chi connectivity index (χ1) is 9.48. The van der Waals surface area contributed by atoms with E-state index in [0.717, 1.165) is 37.7 Å². The molecule has 1 N–H and O–H groups in total. The Labute approximate surface area is 125 Å². The minimum atomic E-state index is -0.794. The SMILES string of the molecule is CN(Cc1cccc(Cl)c1)C(=O)CC1(O)CCCCC1. The zero-order valence-electron chi connectivity index (χ0n) is 11.9. The normalized spacial score (nSPS) is 17.8. The number of nitrogens with zero attached hydrogens (tertiary/aromatic N) is 1. The number of rotatable bonds is 4. The number of hydrogen-bond acceptors (Lipinski definition) is 2. The molecule has 4 heteroatoms. The molecule has 1 aliphatic carbocycles. The van der Waals surface area contributed by atoms with E-state index >= 15 is 0 Å². The second-order valence-electron chi connectivity index (χ2n) is 5.84. The fraction of sp³-hybridized carbons (Fsp3) is 0.562. The van der Waals surface area contributed by atoms with E-state index in [-0.39, 0.29) is 12.3 Å². The highest BCUT2D eigenvalue weighted by Gasteiger charge is 2.32. The summed E-state index contributed by atoms with van der Waals surface area (Å²) in [5.41, 5.74) is 0.210. The molecule has 110 valence electrons. The van der Waals surface area contributed by atoms with Crippen molar-refractivity contribution in [1.29, 1.82) is 0 Å². The van der Waals surface area contributed by atoms with E-state index in [1.165, 1.54) is 0 Å². The first kappa shape index (κ1) is 15.3. The predicted octanol–water partition coefficient (Wildman–Crippen LogP) is 3.38. The quantitative estimate of drug-likeness (QED) is 0.925. The van der Waals surface area contributed by atoms with E-state index in [9.17, 15) is 9.90 Å². The summed E-state index contributed by atoms with van der Waals surface area (Å²) in [7, 11) is 1.77. The van der Waals surface area contributed by atoms with Gasteiger partial charge in [-0.3, -0.25) is 4.79 Å². The van der Waals surface area contributed by atoms with Crippen LogP contribution in [-0.2, 0) is 11.3 Å². The first-order valence-electron chi connectivity index (χ1n) is 7.19. The van der Waals surface area contributed by atoms with Gasteiger partial charge in [0.15, 0.2) is 0 Å². The van der Waals surface area contributed by atoms with Gasteiger partial charge in [0, 0.05) is 18.6 Å². The Morgan fingerprint density at radius 3 is 2.70 bits per heavy atom. The zero-order chi connectivity index (χ0) is 14.6. The van der Waals surface area contributed by atoms with Crippen molar-refractivity contribution in [2.45, 2.75) is 50.7 Å². The number of aliphatic hydroxyl groups is 1. The topological polar surface area (TPSA) is 40.5 Å². The van der Waals surface area contributed by atoms with Crippen LogP contribution in [0.3, 0.4) is 0 Å². The average Bonchev–Trinajstić information content (AvgIpc) is 2.39. The molecule has 0 bridgehead atoms. The lowest BCUT2D eigenvalue weighted by atomic mass is 9.82. The smallest absolute Gasteiger partial charge is 0.225 e. The van der Waals surface area contributed by atoms with E-state index in [4.69, 9.17) is 11.6 Å². The van der Waals surface area contributed by atoms with E-state index < -0.39 is 5.60 Å². The number of carbonyl (C=O) groups excluding carboxylic acids is 1. The van der Waals surface area contributed by atoms with Gasteiger partial charge in [-0.1, -0.05) is 43.0 Å². The lowest BCUT2D eigenvalue weighted by molar-refractivity contribution is -0.137. The third kappa shape index (κ3) is 4.22. The molecule has 2 rings (SSSR count). The van der Waals surface area contributed by atoms with Crippen LogP contribution in [0.25, 0.3) is 0 Å². The second-order valence-corrected chi connectivity index (χ2v) is 6.28. The highest BCUT2D eigenvalue weighted by atomic mass is 35.5. The van der Waals surface area contributed by atoms with Gasteiger partial charge in [-0.25, -0.2) is 0 Å². The van der Waals surface area contributed by atoms with Gasteiger partial charge in [0.2, 0.25) is 5.91 Å². The highest BCUT2D eigenvalue weighted by molar-refractivity contribution is 6.30. The van der Waals surface area contributed by atoms with Crippen molar-refractivity contribution in [2.24, 2.45) is 0 Å². The van der Waals surface area contributed by atoms with Gasteiger partial charge in [0.05, 0.1) is 12.0 Å². The lowest BCUT2D eigenvalue weighted by Crippen LogP contribution is -2.39.